The van der Waals surface area contributed by atoms with E-state index in [9.17, 15) is 0 Å². The van der Waals surface area contributed by atoms with Crippen LogP contribution in [0.5, 0.6) is 5.75 Å². The van der Waals surface area contributed by atoms with Crippen molar-refractivity contribution in [3.05, 3.63) is 29.8 Å². The van der Waals surface area contributed by atoms with Crippen molar-refractivity contribution in [3.63, 3.8) is 0 Å². The van der Waals surface area contributed by atoms with Gasteiger partial charge in [0.1, 0.15) is 5.75 Å². The standard InChI is InChI=1S/C12H15NO/c1-3-9-13-10-11-7-5-6-8-12(11)14-4-2/h1,5-8,13H,4,9-10H2,2H3. The third-order valence-electron chi connectivity index (χ3n) is 1.81. The molecule has 0 radical (unpaired) electrons. The SMILES string of the molecule is C#CCNCc1ccccc1OCC. The molecule has 0 saturated carbocycles. The molecule has 0 spiro atoms. The van der Waals surface area contributed by atoms with E-state index in [1.807, 2.05) is 31.2 Å². The minimum atomic E-state index is 0.584. The highest BCUT2D eigenvalue weighted by atomic mass is 16.5. The van der Waals surface area contributed by atoms with Crippen LogP contribution in [0.15, 0.2) is 24.3 Å². The molecule has 2 heteroatoms. The summed E-state index contributed by atoms with van der Waals surface area (Å²) in [6, 6.07) is 7.97. The molecular formula is C12H15NO. The van der Waals surface area contributed by atoms with Crippen LogP contribution in [-0.4, -0.2) is 13.2 Å². The van der Waals surface area contributed by atoms with Gasteiger partial charge in [0.25, 0.3) is 0 Å². The van der Waals surface area contributed by atoms with Gasteiger partial charge in [-0.3, -0.25) is 0 Å². The zero-order valence-corrected chi connectivity index (χ0v) is 8.42. The number of terminal acetylenes is 1. The molecule has 0 saturated heterocycles. The summed E-state index contributed by atoms with van der Waals surface area (Å²) in [5.41, 5.74) is 1.14. The maximum absolute atomic E-state index is 5.48. The Labute approximate surface area is 85.3 Å². The Hall–Kier alpha value is -1.46. The van der Waals surface area contributed by atoms with E-state index < -0.39 is 0 Å². The van der Waals surface area contributed by atoms with Crippen LogP contribution in [0.2, 0.25) is 0 Å². The molecule has 0 atom stereocenters. The van der Waals surface area contributed by atoms with Crippen molar-refractivity contribution in [2.75, 3.05) is 13.2 Å². The van der Waals surface area contributed by atoms with Gasteiger partial charge >= 0.3 is 0 Å². The summed E-state index contributed by atoms with van der Waals surface area (Å²) in [7, 11) is 0. The van der Waals surface area contributed by atoms with Crippen LogP contribution < -0.4 is 10.1 Å². The third kappa shape index (κ3) is 3.12. The highest BCUT2D eigenvalue weighted by Gasteiger charge is 2.00. The summed E-state index contributed by atoms with van der Waals surface area (Å²) >= 11 is 0. The molecule has 1 aromatic rings. The second-order valence-electron chi connectivity index (χ2n) is 2.85. The number of para-hydroxylation sites is 1. The minimum absolute atomic E-state index is 0.584. The largest absolute Gasteiger partial charge is 0.494 e. The molecule has 0 aliphatic heterocycles. The van der Waals surface area contributed by atoms with Crippen LogP contribution in [0.25, 0.3) is 0 Å². The Morgan fingerprint density at radius 3 is 2.93 bits per heavy atom. The summed E-state index contributed by atoms with van der Waals surface area (Å²) in [6.07, 6.45) is 5.15. The van der Waals surface area contributed by atoms with Gasteiger partial charge in [0, 0.05) is 12.1 Å². The lowest BCUT2D eigenvalue weighted by atomic mass is 10.2. The van der Waals surface area contributed by atoms with Crippen LogP contribution in [0.4, 0.5) is 0 Å². The van der Waals surface area contributed by atoms with Gasteiger partial charge in [-0.2, -0.15) is 0 Å². The molecule has 1 rings (SSSR count). The van der Waals surface area contributed by atoms with Gasteiger partial charge in [0.2, 0.25) is 0 Å². The fraction of sp³-hybridized carbons (Fsp3) is 0.333. The Bertz CT molecular complexity index is 314. The molecular weight excluding hydrogens is 174 g/mol. The topological polar surface area (TPSA) is 21.3 Å². The first kappa shape index (κ1) is 10.6. The lowest BCUT2D eigenvalue weighted by Gasteiger charge is -2.09. The number of rotatable bonds is 5. The lowest BCUT2D eigenvalue weighted by molar-refractivity contribution is 0.335. The van der Waals surface area contributed by atoms with Crippen molar-refractivity contribution in [3.8, 4) is 18.1 Å². The van der Waals surface area contributed by atoms with Crippen molar-refractivity contribution < 1.29 is 4.74 Å². The Balaban J connectivity index is 2.60. The van der Waals surface area contributed by atoms with Gasteiger partial charge in [0.15, 0.2) is 0 Å². The average Bonchev–Trinajstić information content (AvgIpc) is 2.21. The van der Waals surface area contributed by atoms with E-state index in [-0.39, 0.29) is 0 Å². The van der Waals surface area contributed by atoms with E-state index in [2.05, 4.69) is 11.2 Å². The van der Waals surface area contributed by atoms with Crippen LogP contribution in [0.3, 0.4) is 0 Å². The van der Waals surface area contributed by atoms with Crippen molar-refractivity contribution in [1.82, 2.24) is 5.32 Å². The fourth-order valence-electron chi connectivity index (χ4n) is 1.22. The van der Waals surface area contributed by atoms with E-state index in [0.717, 1.165) is 17.9 Å². The molecule has 14 heavy (non-hydrogen) atoms. The Morgan fingerprint density at radius 2 is 2.21 bits per heavy atom. The van der Waals surface area contributed by atoms with Crippen molar-refractivity contribution in [1.29, 1.82) is 0 Å². The zero-order chi connectivity index (χ0) is 10.2. The van der Waals surface area contributed by atoms with Gasteiger partial charge in [-0.1, -0.05) is 24.1 Å². The van der Waals surface area contributed by atoms with Gasteiger partial charge in [-0.25, -0.2) is 0 Å². The van der Waals surface area contributed by atoms with Crippen LogP contribution in [0.1, 0.15) is 12.5 Å². The van der Waals surface area contributed by atoms with E-state index in [4.69, 9.17) is 11.2 Å². The fourth-order valence-corrected chi connectivity index (χ4v) is 1.22. The summed E-state index contributed by atoms with van der Waals surface area (Å²) in [5, 5.41) is 3.13. The number of hydrogen-bond donors (Lipinski definition) is 1. The van der Waals surface area contributed by atoms with Gasteiger partial charge < -0.3 is 10.1 Å². The Morgan fingerprint density at radius 1 is 1.43 bits per heavy atom. The molecule has 0 aliphatic rings. The van der Waals surface area contributed by atoms with Crippen molar-refractivity contribution in [2.24, 2.45) is 0 Å². The number of ether oxygens (including phenoxy) is 1. The molecule has 0 heterocycles. The molecule has 0 aliphatic carbocycles. The molecule has 0 unspecified atom stereocenters. The predicted octanol–water partition coefficient (Wildman–Crippen LogP) is 1.81. The maximum atomic E-state index is 5.48. The first-order chi connectivity index (χ1) is 6.88. The first-order valence-corrected chi connectivity index (χ1v) is 4.73. The Kier molecular flexibility index (Phi) is 4.60. The molecule has 74 valence electrons. The quantitative estimate of drug-likeness (QED) is 0.563. The zero-order valence-electron chi connectivity index (χ0n) is 8.42. The van der Waals surface area contributed by atoms with Crippen molar-refractivity contribution >= 4 is 0 Å². The summed E-state index contributed by atoms with van der Waals surface area (Å²) < 4.78 is 5.48. The second-order valence-corrected chi connectivity index (χ2v) is 2.85. The van der Waals surface area contributed by atoms with Crippen LogP contribution in [0, 0.1) is 12.3 Å². The number of nitrogens with one attached hydrogen (secondary N) is 1. The molecule has 2 nitrogen and oxygen atoms in total. The average molecular weight is 189 g/mol. The minimum Gasteiger partial charge on any atom is -0.494 e. The normalized spacial score (nSPS) is 9.43. The van der Waals surface area contributed by atoms with Gasteiger partial charge in [0.05, 0.1) is 13.2 Å². The van der Waals surface area contributed by atoms with E-state index in [0.29, 0.717) is 13.2 Å². The van der Waals surface area contributed by atoms with Crippen molar-refractivity contribution in [2.45, 2.75) is 13.5 Å². The number of hydrogen-bond acceptors (Lipinski definition) is 2. The number of benzene rings is 1. The maximum Gasteiger partial charge on any atom is 0.123 e. The summed E-state index contributed by atoms with van der Waals surface area (Å²) in [4.78, 5) is 0. The molecule has 1 aromatic carbocycles. The monoisotopic (exact) mass is 189 g/mol. The van der Waals surface area contributed by atoms with Crippen LogP contribution in [-0.2, 0) is 6.54 Å². The van der Waals surface area contributed by atoms with Gasteiger partial charge in [-0.15, -0.1) is 6.42 Å². The molecule has 0 aromatic heterocycles. The summed E-state index contributed by atoms with van der Waals surface area (Å²) in [6.45, 7) is 4.00. The smallest absolute Gasteiger partial charge is 0.123 e. The first-order valence-electron chi connectivity index (χ1n) is 4.73. The molecule has 0 bridgehead atoms. The highest BCUT2D eigenvalue weighted by Crippen LogP contribution is 2.17. The van der Waals surface area contributed by atoms with E-state index >= 15 is 0 Å². The summed E-state index contributed by atoms with van der Waals surface area (Å²) in [5.74, 6) is 3.47. The third-order valence-corrected chi connectivity index (χ3v) is 1.81. The lowest BCUT2D eigenvalue weighted by Crippen LogP contribution is -2.13. The predicted molar refractivity (Wildman–Crippen MR) is 58.2 cm³/mol. The molecule has 1 N–H and O–H groups in total. The second kappa shape index (κ2) is 6.06. The van der Waals surface area contributed by atoms with Gasteiger partial charge in [-0.05, 0) is 13.0 Å². The highest BCUT2D eigenvalue weighted by molar-refractivity contribution is 5.33. The molecule has 0 fully saturated rings. The van der Waals surface area contributed by atoms with Crippen LogP contribution >= 0.6 is 0 Å². The molecule has 0 amide bonds. The van der Waals surface area contributed by atoms with E-state index in [1.165, 1.54) is 0 Å². The van der Waals surface area contributed by atoms with E-state index in [1.54, 1.807) is 0 Å².